The van der Waals surface area contributed by atoms with E-state index < -0.39 is 0 Å². The first-order chi connectivity index (χ1) is 4.16. The molecule has 9 heavy (non-hydrogen) atoms. The molecule has 0 bridgehead atoms. The molecule has 0 radical (unpaired) electrons. The predicted octanol–water partition coefficient (Wildman–Crippen LogP) is 2.58. The lowest BCUT2D eigenvalue weighted by atomic mass is 10.2. The quantitative estimate of drug-likeness (QED) is 0.626. The number of alkyl halides is 1. The largest absolute Gasteiger partial charge is 0.382 e. The molecule has 0 aliphatic rings. The molecule has 0 aromatic rings. The van der Waals surface area contributed by atoms with Crippen molar-refractivity contribution in [2.24, 2.45) is 0 Å². The Morgan fingerprint density at radius 3 is 2.22 bits per heavy atom. The topological polar surface area (TPSA) is 9.23 Å². The molecule has 0 amide bonds. The van der Waals surface area contributed by atoms with E-state index in [0.29, 0.717) is 10.9 Å². The van der Waals surface area contributed by atoms with Crippen LogP contribution >= 0.6 is 15.9 Å². The van der Waals surface area contributed by atoms with E-state index in [-0.39, 0.29) is 0 Å². The zero-order valence-electron chi connectivity index (χ0n) is 6.36. The fraction of sp³-hybridized carbons (Fsp3) is 1.00. The highest BCUT2D eigenvalue weighted by Gasteiger charge is 2.01. The van der Waals surface area contributed by atoms with E-state index in [1.165, 1.54) is 6.42 Å². The second-order valence-corrected chi connectivity index (χ2v) is 3.97. The van der Waals surface area contributed by atoms with Gasteiger partial charge in [0.25, 0.3) is 0 Å². The van der Waals surface area contributed by atoms with Gasteiger partial charge in [-0.25, -0.2) is 0 Å². The first-order valence-corrected chi connectivity index (χ1v) is 4.25. The molecule has 0 fully saturated rings. The Morgan fingerprint density at radius 1 is 1.33 bits per heavy atom. The van der Waals surface area contributed by atoms with E-state index in [2.05, 4.69) is 29.8 Å². The SMILES string of the molecule is COC(C)CCC(C)Br. The first-order valence-electron chi connectivity index (χ1n) is 3.33. The summed E-state index contributed by atoms with van der Waals surface area (Å²) >= 11 is 3.48. The molecule has 0 heterocycles. The van der Waals surface area contributed by atoms with Crippen LogP contribution in [0.25, 0.3) is 0 Å². The van der Waals surface area contributed by atoms with Crippen molar-refractivity contribution in [1.29, 1.82) is 0 Å². The Kier molecular flexibility index (Phi) is 5.50. The van der Waals surface area contributed by atoms with Gasteiger partial charge >= 0.3 is 0 Å². The summed E-state index contributed by atoms with van der Waals surface area (Å²) in [6, 6.07) is 0. The lowest BCUT2D eigenvalue weighted by molar-refractivity contribution is 0.109. The molecule has 0 saturated carbocycles. The van der Waals surface area contributed by atoms with Crippen LogP contribution in [0, 0.1) is 0 Å². The second kappa shape index (κ2) is 5.24. The fourth-order valence-electron chi connectivity index (χ4n) is 0.582. The minimum Gasteiger partial charge on any atom is -0.382 e. The van der Waals surface area contributed by atoms with Crippen molar-refractivity contribution < 1.29 is 4.74 Å². The van der Waals surface area contributed by atoms with E-state index in [4.69, 9.17) is 4.74 Å². The summed E-state index contributed by atoms with van der Waals surface area (Å²) in [7, 11) is 1.75. The van der Waals surface area contributed by atoms with E-state index in [1.54, 1.807) is 7.11 Å². The Hall–Kier alpha value is 0.440. The van der Waals surface area contributed by atoms with Gasteiger partial charge in [0.1, 0.15) is 0 Å². The van der Waals surface area contributed by atoms with Crippen LogP contribution in [0.4, 0.5) is 0 Å². The van der Waals surface area contributed by atoms with Crippen LogP contribution in [-0.4, -0.2) is 18.0 Å². The third-order valence-corrected chi connectivity index (χ3v) is 1.83. The van der Waals surface area contributed by atoms with E-state index in [1.807, 2.05) is 0 Å². The number of hydrogen-bond acceptors (Lipinski definition) is 1. The van der Waals surface area contributed by atoms with Gasteiger partial charge in [0.2, 0.25) is 0 Å². The number of rotatable bonds is 4. The maximum Gasteiger partial charge on any atom is 0.0543 e. The van der Waals surface area contributed by atoms with Crippen LogP contribution in [0.15, 0.2) is 0 Å². The predicted molar refractivity (Wildman–Crippen MR) is 44.1 cm³/mol. The molecule has 0 aromatic carbocycles. The van der Waals surface area contributed by atoms with Gasteiger partial charge in [0.05, 0.1) is 6.10 Å². The molecule has 0 aliphatic carbocycles. The fourth-order valence-corrected chi connectivity index (χ4v) is 0.847. The maximum atomic E-state index is 5.08. The summed E-state index contributed by atoms with van der Waals surface area (Å²) in [4.78, 5) is 0.620. The van der Waals surface area contributed by atoms with Crippen molar-refractivity contribution in [3.8, 4) is 0 Å². The van der Waals surface area contributed by atoms with Crippen LogP contribution in [0.5, 0.6) is 0 Å². The molecule has 0 N–H and O–H groups in total. The van der Waals surface area contributed by atoms with Crippen LogP contribution < -0.4 is 0 Å². The van der Waals surface area contributed by atoms with Gasteiger partial charge in [-0.2, -0.15) is 0 Å². The smallest absolute Gasteiger partial charge is 0.0543 e. The normalized spacial score (nSPS) is 17.3. The first kappa shape index (κ1) is 9.44. The Bertz CT molecular complexity index is 63.9. The average Bonchev–Trinajstić information content (AvgIpc) is 1.83. The maximum absolute atomic E-state index is 5.08. The molecular formula is C7H15BrO. The Labute approximate surface area is 65.9 Å². The van der Waals surface area contributed by atoms with Crippen LogP contribution in [0.3, 0.4) is 0 Å². The van der Waals surface area contributed by atoms with Gasteiger partial charge in [-0.05, 0) is 19.8 Å². The molecule has 1 nitrogen and oxygen atoms in total. The lowest BCUT2D eigenvalue weighted by Gasteiger charge is -2.09. The molecule has 2 atom stereocenters. The number of hydrogen-bond donors (Lipinski definition) is 0. The Morgan fingerprint density at radius 2 is 1.89 bits per heavy atom. The summed E-state index contributed by atoms with van der Waals surface area (Å²) in [5.41, 5.74) is 0. The van der Waals surface area contributed by atoms with Crippen molar-refractivity contribution in [2.75, 3.05) is 7.11 Å². The second-order valence-electron chi connectivity index (χ2n) is 2.40. The molecular weight excluding hydrogens is 180 g/mol. The standard InChI is InChI=1S/C7H15BrO/c1-6(8)4-5-7(2)9-3/h6-7H,4-5H2,1-3H3. The highest BCUT2D eigenvalue weighted by atomic mass is 79.9. The van der Waals surface area contributed by atoms with Crippen molar-refractivity contribution in [3.05, 3.63) is 0 Å². The highest BCUT2D eigenvalue weighted by molar-refractivity contribution is 9.09. The summed E-state index contributed by atoms with van der Waals surface area (Å²) in [5, 5.41) is 0. The number of methoxy groups -OCH3 is 1. The van der Waals surface area contributed by atoms with Gasteiger partial charge < -0.3 is 4.74 Å². The molecule has 0 aromatic heterocycles. The van der Waals surface area contributed by atoms with Crippen molar-refractivity contribution in [3.63, 3.8) is 0 Å². The zero-order chi connectivity index (χ0) is 7.28. The summed E-state index contributed by atoms with van der Waals surface area (Å²) in [6.07, 6.45) is 2.74. The summed E-state index contributed by atoms with van der Waals surface area (Å²) in [5.74, 6) is 0. The van der Waals surface area contributed by atoms with Crippen molar-refractivity contribution in [2.45, 2.75) is 37.6 Å². The minimum atomic E-state index is 0.407. The van der Waals surface area contributed by atoms with Gasteiger partial charge in [0, 0.05) is 11.9 Å². The van der Waals surface area contributed by atoms with Gasteiger partial charge in [-0.3, -0.25) is 0 Å². The minimum absolute atomic E-state index is 0.407. The van der Waals surface area contributed by atoms with Gasteiger partial charge in [0.15, 0.2) is 0 Å². The van der Waals surface area contributed by atoms with E-state index >= 15 is 0 Å². The van der Waals surface area contributed by atoms with Crippen molar-refractivity contribution in [1.82, 2.24) is 0 Å². The van der Waals surface area contributed by atoms with Crippen LogP contribution in [0.2, 0.25) is 0 Å². The lowest BCUT2D eigenvalue weighted by Crippen LogP contribution is -2.06. The third kappa shape index (κ3) is 6.32. The highest BCUT2D eigenvalue weighted by Crippen LogP contribution is 2.09. The molecule has 0 saturated heterocycles. The Balaban J connectivity index is 3.06. The van der Waals surface area contributed by atoms with Crippen LogP contribution in [0.1, 0.15) is 26.7 Å². The molecule has 0 rings (SSSR count). The van der Waals surface area contributed by atoms with E-state index in [0.717, 1.165) is 6.42 Å². The van der Waals surface area contributed by atoms with Gasteiger partial charge in [-0.1, -0.05) is 22.9 Å². The monoisotopic (exact) mass is 194 g/mol. The molecule has 0 aliphatic heterocycles. The third-order valence-electron chi connectivity index (χ3n) is 1.37. The molecule has 0 spiro atoms. The van der Waals surface area contributed by atoms with Crippen LogP contribution in [-0.2, 0) is 4.74 Å². The molecule has 2 unspecified atom stereocenters. The molecule has 56 valence electrons. The molecule has 2 heteroatoms. The number of ether oxygens (including phenoxy) is 1. The average molecular weight is 195 g/mol. The summed E-state index contributed by atoms with van der Waals surface area (Å²) < 4.78 is 5.08. The van der Waals surface area contributed by atoms with Gasteiger partial charge in [-0.15, -0.1) is 0 Å². The number of halogens is 1. The van der Waals surface area contributed by atoms with Crippen molar-refractivity contribution >= 4 is 15.9 Å². The van der Waals surface area contributed by atoms with E-state index in [9.17, 15) is 0 Å². The zero-order valence-corrected chi connectivity index (χ0v) is 7.94. The summed E-state index contributed by atoms with van der Waals surface area (Å²) in [6.45, 7) is 4.25.